The molecule has 0 amide bonds. The normalized spacial score (nSPS) is 12.2. The number of rotatable bonds is 3. The fraction of sp³-hybridized carbons (Fsp3) is 0.200. The second-order valence-corrected chi connectivity index (χ2v) is 4.92. The van der Waals surface area contributed by atoms with Crippen LogP contribution < -0.4 is 10.6 Å². The minimum atomic E-state index is -0.165. The molecular formula is C15H17ClN2. The molecule has 2 aromatic rings. The maximum Gasteiger partial charge on any atom is 0.0572 e. The van der Waals surface area contributed by atoms with E-state index in [2.05, 4.69) is 4.90 Å². The molecule has 0 unspecified atom stereocenters. The fourth-order valence-electron chi connectivity index (χ4n) is 2.02. The van der Waals surface area contributed by atoms with Gasteiger partial charge in [-0.2, -0.15) is 0 Å². The van der Waals surface area contributed by atoms with Gasteiger partial charge >= 0.3 is 0 Å². The molecule has 0 aliphatic rings. The molecule has 1 atom stereocenters. The van der Waals surface area contributed by atoms with Gasteiger partial charge in [0.15, 0.2) is 0 Å². The van der Waals surface area contributed by atoms with Gasteiger partial charge in [0.05, 0.1) is 6.04 Å². The highest BCUT2D eigenvalue weighted by Crippen LogP contribution is 2.30. The second kappa shape index (κ2) is 5.42. The van der Waals surface area contributed by atoms with Crippen LogP contribution in [-0.4, -0.2) is 14.1 Å². The third kappa shape index (κ3) is 2.66. The molecule has 2 aromatic carbocycles. The van der Waals surface area contributed by atoms with E-state index in [0.29, 0.717) is 5.02 Å². The van der Waals surface area contributed by atoms with Crippen LogP contribution in [0.25, 0.3) is 0 Å². The van der Waals surface area contributed by atoms with Gasteiger partial charge in [0, 0.05) is 24.8 Å². The van der Waals surface area contributed by atoms with Gasteiger partial charge in [0.1, 0.15) is 0 Å². The molecule has 3 heteroatoms. The molecule has 94 valence electrons. The molecule has 0 aromatic heterocycles. The summed E-state index contributed by atoms with van der Waals surface area (Å²) in [6.07, 6.45) is 0. The molecule has 2 nitrogen and oxygen atoms in total. The average molecular weight is 261 g/mol. The van der Waals surface area contributed by atoms with Gasteiger partial charge in [-0.05, 0) is 29.3 Å². The van der Waals surface area contributed by atoms with Crippen molar-refractivity contribution in [3.05, 3.63) is 64.7 Å². The van der Waals surface area contributed by atoms with Crippen molar-refractivity contribution < 1.29 is 0 Å². The Morgan fingerprint density at radius 3 is 2.33 bits per heavy atom. The molecule has 2 rings (SSSR count). The van der Waals surface area contributed by atoms with Crippen LogP contribution in [0.2, 0.25) is 5.02 Å². The van der Waals surface area contributed by atoms with Gasteiger partial charge in [-0.1, -0.05) is 41.9 Å². The van der Waals surface area contributed by atoms with Crippen LogP contribution in [0.4, 0.5) is 5.69 Å². The minimum absolute atomic E-state index is 0.165. The summed E-state index contributed by atoms with van der Waals surface area (Å²) in [5.74, 6) is 0. The van der Waals surface area contributed by atoms with Crippen molar-refractivity contribution in [3.63, 3.8) is 0 Å². The highest BCUT2D eigenvalue weighted by molar-refractivity contribution is 6.30. The topological polar surface area (TPSA) is 29.3 Å². The fourth-order valence-corrected chi connectivity index (χ4v) is 2.20. The van der Waals surface area contributed by atoms with E-state index in [4.69, 9.17) is 17.3 Å². The Kier molecular flexibility index (Phi) is 3.90. The lowest BCUT2D eigenvalue weighted by molar-refractivity contribution is 0.863. The first-order valence-corrected chi connectivity index (χ1v) is 6.24. The van der Waals surface area contributed by atoms with Crippen LogP contribution in [0.5, 0.6) is 0 Å². The zero-order valence-electron chi connectivity index (χ0n) is 10.6. The van der Waals surface area contributed by atoms with Crippen molar-refractivity contribution in [3.8, 4) is 0 Å². The van der Waals surface area contributed by atoms with Gasteiger partial charge in [-0.15, -0.1) is 0 Å². The molecular weight excluding hydrogens is 244 g/mol. The van der Waals surface area contributed by atoms with Gasteiger partial charge in [-0.25, -0.2) is 0 Å². The van der Waals surface area contributed by atoms with Crippen molar-refractivity contribution in [2.24, 2.45) is 5.73 Å². The third-order valence-electron chi connectivity index (χ3n) is 2.97. The van der Waals surface area contributed by atoms with E-state index in [-0.39, 0.29) is 6.04 Å². The third-order valence-corrected chi connectivity index (χ3v) is 3.20. The molecule has 0 aliphatic heterocycles. The van der Waals surface area contributed by atoms with Crippen molar-refractivity contribution in [2.45, 2.75) is 6.04 Å². The molecule has 0 heterocycles. The summed E-state index contributed by atoms with van der Waals surface area (Å²) < 4.78 is 0. The first-order valence-electron chi connectivity index (χ1n) is 5.87. The number of nitrogens with two attached hydrogens (primary N) is 1. The molecule has 0 aliphatic carbocycles. The van der Waals surface area contributed by atoms with E-state index in [1.54, 1.807) is 0 Å². The van der Waals surface area contributed by atoms with E-state index in [9.17, 15) is 0 Å². The summed E-state index contributed by atoms with van der Waals surface area (Å²) in [7, 11) is 4.01. The molecule has 0 fully saturated rings. The molecule has 18 heavy (non-hydrogen) atoms. The Bertz CT molecular complexity index is 523. The summed E-state index contributed by atoms with van der Waals surface area (Å²) in [5, 5.41) is 0.710. The van der Waals surface area contributed by atoms with Crippen LogP contribution in [0.1, 0.15) is 17.2 Å². The maximum absolute atomic E-state index is 6.34. The Labute approximate surface area is 113 Å². The zero-order chi connectivity index (χ0) is 13.1. The van der Waals surface area contributed by atoms with Gasteiger partial charge in [0.25, 0.3) is 0 Å². The summed E-state index contributed by atoms with van der Waals surface area (Å²) in [4.78, 5) is 2.05. The van der Waals surface area contributed by atoms with E-state index in [0.717, 1.165) is 16.8 Å². The number of hydrogen-bond acceptors (Lipinski definition) is 2. The van der Waals surface area contributed by atoms with E-state index in [1.807, 2.05) is 62.6 Å². The summed E-state index contributed by atoms with van der Waals surface area (Å²) >= 11 is 6.08. The standard InChI is InChI=1S/C15H17ClN2/c1-18(2)14-9-8-12(16)10-13(14)15(17)11-6-4-3-5-7-11/h3-10,15H,17H2,1-2H3/t15-/m0/s1. The van der Waals surface area contributed by atoms with Crippen LogP contribution in [0.3, 0.4) is 0 Å². The molecule has 2 N–H and O–H groups in total. The largest absolute Gasteiger partial charge is 0.377 e. The van der Waals surface area contributed by atoms with Crippen molar-refractivity contribution >= 4 is 17.3 Å². The highest BCUT2D eigenvalue weighted by Gasteiger charge is 2.14. The number of nitrogens with zero attached hydrogens (tertiary/aromatic N) is 1. The predicted molar refractivity (Wildman–Crippen MR) is 78.3 cm³/mol. The quantitative estimate of drug-likeness (QED) is 0.916. The van der Waals surface area contributed by atoms with E-state index < -0.39 is 0 Å². The van der Waals surface area contributed by atoms with Crippen LogP contribution in [0, 0.1) is 0 Å². The van der Waals surface area contributed by atoms with Crippen LogP contribution >= 0.6 is 11.6 Å². The summed E-state index contributed by atoms with van der Waals surface area (Å²) in [6.45, 7) is 0. The number of hydrogen-bond donors (Lipinski definition) is 1. The Balaban J connectivity index is 2.47. The van der Waals surface area contributed by atoms with Gasteiger partial charge in [-0.3, -0.25) is 0 Å². The van der Waals surface area contributed by atoms with Crippen molar-refractivity contribution in [1.82, 2.24) is 0 Å². The lowest BCUT2D eigenvalue weighted by Gasteiger charge is -2.22. The van der Waals surface area contributed by atoms with Crippen molar-refractivity contribution in [2.75, 3.05) is 19.0 Å². The lowest BCUT2D eigenvalue weighted by atomic mass is 9.98. The van der Waals surface area contributed by atoms with Crippen LogP contribution in [-0.2, 0) is 0 Å². The first kappa shape index (κ1) is 12.9. The van der Waals surface area contributed by atoms with Crippen LogP contribution in [0.15, 0.2) is 48.5 Å². The number of benzene rings is 2. The minimum Gasteiger partial charge on any atom is -0.377 e. The number of halogens is 1. The zero-order valence-corrected chi connectivity index (χ0v) is 11.4. The Morgan fingerprint density at radius 1 is 1.06 bits per heavy atom. The molecule has 0 saturated heterocycles. The molecule has 0 spiro atoms. The lowest BCUT2D eigenvalue weighted by Crippen LogP contribution is -2.18. The molecule has 0 bridgehead atoms. The van der Waals surface area contributed by atoms with Gasteiger partial charge < -0.3 is 10.6 Å². The average Bonchev–Trinajstić information content (AvgIpc) is 2.38. The smallest absolute Gasteiger partial charge is 0.0572 e. The molecule has 0 saturated carbocycles. The second-order valence-electron chi connectivity index (χ2n) is 4.49. The Hall–Kier alpha value is -1.51. The predicted octanol–water partition coefficient (Wildman–Crippen LogP) is 3.45. The first-order chi connectivity index (χ1) is 8.59. The maximum atomic E-state index is 6.34. The van der Waals surface area contributed by atoms with Gasteiger partial charge in [0.2, 0.25) is 0 Å². The highest BCUT2D eigenvalue weighted by atomic mass is 35.5. The number of anilines is 1. The van der Waals surface area contributed by atoms with Crippen molar-refractivity contribution in [1.29, 1.82) is 0 Å². The van der Waals surface area contributed by atoms with E-state index in [1.165, 1.54) is 0 Å². The molecule has 0 radical (unpaired) electrons. The van der Waals surface area contributed by atoms with E-state index >= 15 is 0 Å². The monoisotopic (exact) mass is 260 g/mol. The Morgan fingerprint density at radius 2 is 1.72 bits per heavy atom. The summed E-state index contributed by atoms with van der Waals surface area (Å²) in [6, 6.07) is 15.7. The SMILES string of the molecule is CN(C)c1ccc(Cl)cc1[C@@H](N)c1ccccc1. The summed E-state index contributed by atoms with van der Waals surface area (Å²) in [5.41, 5.74) is 9.56.